The van der Waals surface area contributed by atoms with Crippen LogP contribution >= 0.6 is 0 Å². The summed E-state index contributed by atoms with van der Waals surface area (Å²) in [5, 5.41) is 0.903. The highest BCUT2D eigenvalue weighted by Crippen LogP contribution is 2.27. The van der Waals surface area contributed by atoms with Crippen molar-refractivity contribution < 1.29 is 14.3 Å². The highest BCUT2D eigenvalue weighted by Gasteiger charge is 2.19. The van der Waals surface area contributed by atoms with Crippen molar-refractivity contribution in [3.05, 3.63) is 107 Å². The van der Waals surface area contributed by atoms with Crippen LogP contribution in [0.4, 0.5) is 0 Å². The molecule has 5 nitrogen and oxygen atoms in total. The number of carbonyl (C=O) groups excluding carboxylic acids is 2. The van der Waals surface area contributed by atoms with E-state index in [1.807, 2.05) is 60.8 Å². The Morgan fingerprint density at radius 2 is 1.68 bits per heavy atom. The number of rotatable bonds is 11. The first kappa shape index (κ1) is 26.4. The van der Waals surface area contributed by atoms with Crippen LogP contribution in [0.3, 0.4) is 0 Å². The summed E-state index contributed by atoms with van der Waals surface area (Å²) in [5.74, 6) is 0.334. The number of ether oxygens (including phenoxy) is 1. The number of hydrogen-bond acceptors (Lipinski definition) is 4. The van der Waals surface area contributed by atoms with Gasteiger partial charge in [-0.15, -0.1) is 0 Å². The predicted molar refractivity (Wildman–Crippen MR) is 149 cm³/mol. The van der Waals surface area contributed by atoms with Crippen molar-refractivity contribution in [1.29, 1.82) is 0 Å². The monoisotopic (exact) mass is 496 g/mol. The Kier molecular flexibility index (Phi) is 8.57. The lowest BCUT2D eigenvalue weighted by atomic mass is 9.93. The van der Waals surface area contributed by atoms with E-state index >= 15 is 0 Å². The van der Waals surface area contributed by atoms with E-state index in [0.29, 0.717) is 43.0 Å². The van der Waals surface area contributed by atoms with Crippen molar-refractivity contribution in [2.24, 2.45) is 11.7 Å². The SMILES string of the molecule is CCOC(=O)CCCn1cc(C(=O)c2cccc(C(N)c3cccc(CC(C)C)c3)c2)c2ccccc21. The van der Waals surface area contributed by atoms with Crippen LogP contribution in [0.25, 0.3) is 10.9 Å². The lowest BCUT2D eigenvalue weighted by molar-refractivity contribution is -0.143. The molecule has 1 unspecified atom stereocenters. The van der Waals surface area contributed by atoms with E-state index in [1.165, 1.54) is 5.56 Å². The zero-order valence-corrected chi connectivity index (χ0v) is 21.9. The van der Waals surface area contributed by atoms with E-state index in [0.717, 1.165) is 28.5 Å². The normalized spacial score (nSPS) is 12.1. The minimum Gasteiger partial charge on any atom is -0.466 e. The lowest BCUT2D eigenvalue weighted by Gasteiger charge is -2.15. The molecule has 0 bridgehead atoms. The van der Waals surface area contributed by atoms with E-state index in [2.05, 4.69) is 36.6 Å². The van der Waals surface area contributed by atoms with Crippen LogP contribution in [0.5, 0.6) is 0 Å². The van der Waals surface area contributed by atoms with Gasteiger partial charge >= 0.3 is 5.97 Å². The van der Waals surface area contributed by atoms with Crippen molar-refractivity contribution in [2.75, 3.05) is 6.61 Å². The molecule has 0 saturated heterocycles. The van der Waals surface area contributed by atoms with Crippen molar-refractivity contribution in [1.82, 2.24) is 4.57 Å². The summed E-state index contributed by atoms with van der Waals surface area (Å²) < 4.78 is 7.09. The minimum atomic E-state index is -0.316. The van der Waals surface area contributed by atoms with Crippen LogP contribution in [0, 0.1) is 5.92 Å². The topological polar surface area (TPSA) is 74.3 Å². The lowest BCUT2D eigenvalue weighted by Crippen LogP contribution is -2.13. The molecule has 0 aliphatic rings. The summed E-state index contributed by atoms with van der Waals surface area (Å²) in [5.41, 5.74) is 12.1. The molecule has 4 rings (SSSR count). The van der Waals surface area contributed by atoms with Gasteiger partial charge in [0, 0.05) is 41.2 Å². The largest absolute Gasteiger partial charge is 0.466 e. The maximum absolute atomic E-state index is 13.7. The number of hydrogen-bond donors (Lipinski definition) is 1. The molecule has 1 atom stereocenters. The van der Waals surface area contributed by atoms with Gasteiger partial charge in [-0.25, -0.2) is 0 Å². The number of fused-ring (bicyclic) bond motifs is 1. The molecule has 0 amide bonds. The van der Waals surface area contributed by atoms with Gasteiger partial charge in [0.1, 0.15) is 0 Å². The zero-order valence-electron chi connectivity index (χ0n) is 21.9. The van der Waals surface area contributed by atoms with Gasteiger partial charge in [-0.3, -0.25) is 9.59 Å². The Bertz CT molecular complexity index is 1390. The number of benzene rings is 3. The summed E-state index contributed by atoms with van der Waals surface area (Å²) >= 11 is 0. The second-order valence-corrected chi connectivity index (χ2v) is 9.94. The number of aromatic nitrogens is 1. The van der Waals surface area contributed by atoms with Crippen LogP contribution in [0.1, 0.15) is 72.3 Å². The van der Waals surface area contributed by atoms with E-state index < -0.39 is 0 Å². The van der Waals surface area contributed by atoms with Crippen LogP contribution in [0.2, 0.25) is 0 Å². The molecule has 0 spiro atoms. The van der Waals surface area contributed by atoms with Gasteiger partial charge in [-0.2, -0.15) is 0 Å². The van der Waals surface area contributed by atoms with E-state index in [-0.39, 0.29) is 17.8 Å². The summed E-state index contributed by atoms with van der Waals surface area (Å²) in [6.07, 6.45) is 3.90. The molecule has 0 saturated carbocycles. The third-order valence-electron chi connectivity index (χ3n) is 6.58. The van der Waals surface area contributed by atoms with Gasteiger partial charge < -0.3 is 15.0 Å². The number of carbonyl (C=O) groups is 2. The molecular formula is C32H36N2O3. The molecule has 5 heteroatoms. The molecule has 0 radical (unpaired) electrons. The van der Waals surface area contributed by atoms with Crippen LogP contribution in [-0.4, -0.2) is 22.9 Å². The Labute approximate surface area is 219 Å². The quantitative estimate of drug-likeness (QED) is 0.191. The number of esters is 1. The van der Waals surface area contributed by atoms with Gasteiger partial charge in [0.25, 0.3) is 0 Å². The van der Waals surface area contributed by atoms with Gasteiger partial charge in [0.05, 0.1) is 12.6 Å². The molecule has 1 aromatic heterocycles. The van der Waals surface area contributed by atoms with Crippen molar-refractivity contribution >= 4 is 22.7 Å². The number of nitrogens with two attached hydrogens (primary N) is 1. The first-order valence-electron chi connectivity index (χ1n) is 13.1. The molecule has 37 heavy (non-hydrogen) atoms. The summed E-state index contributed by atoms with van der Waals surface area (Å²) in [4.78, 5) is 25.5. The van der Waals surface area contributed by atoms with Crippen molar-refractivity contribution in [3.63, 3.8) is 0 Å². The molecule has 4 aromatic rings. The molecule has 0 aliphatic heterocycles. The molecular weight excluding hydrogens is 460 g/mol. The van der Waals surface area contributed by atoms with E-state index in [9.17, 15) is 9.59 Å². The number of para-hydroxylation sites is 1. The third kappa shape index (κ3) is 6.36. The van der Waals surface area contributed by atoms with Gasteiger partial charge in [0.2, 0.25) is 0 Å². The second-order valence-electron chi connectivity index (χ2n) is 9.94. The molecule has 1 heterocycles. The Morgan fingerprint density at radius 1 is 0.946 bits per heavy atom. The Morgan fingerprint density at radius 3 is 2.43 bits per heavy atom. The fourth-order valence-corrected chi connectivity index (χ4v) is 4.85. The molecule has 3 aromatic carbocycles. The Hall–Kier alpha value is -3.70. The van der Waals surface area contributed by atoms with E-state index in [4.69, 9.17) is 10.5 Å². The summed E-state index contributed by atoms with van der Waals surface area (Å²) in [6.45, 7) is 7.24. The first-order valence-corrected chi connectivity index (χ1v) is 13.1. The van der Waals surface area contributed by atoms with Crippen LogP contribution < -0.4 is 5.73 Å². The Balaban J connectivity index is 1.58. The van der Waals surface area contributed by atoms with Gasteiger partial charge in [-0.1, -0.05) is 74.5 Å². The van der Waals surface area contributed by atoms with Crippen LogP contribution in [0.15, 0.2) is 79.0 Å². The van der Waals surface area contributed by atoms with Crippen molar-refractivity contribution in [2.45, 2.75) is 52.6 Å². The number of nitrogens with zero attached hydrogens (tertiary/aromatic N) is 1. The van der Waals surface area contributed by atoms with Gasteiger partial charge in [-0.05, 0) is 54.5 Å². The molecule has 192 valence electrons. The average molecular weight is 497 g/mol. The number of aryl methyl sites for hydroxylation is 1. The van der Waals surface area contributed by atoms with E-state index in [1.54, 1.807) is 6.92 Å². The molecule has 2 N–H and O–H groups in total. The predicted octanol–water partition coefficient (Wildman–Crippen LogP) is 6.46. The maximum atomic E-state index is 13.7. The zero-order chi connectivity index (χ0) is 26.4. The fraction of sp³-hybridized carbons (Fsp3) is 0.312. The number of ketones is 1. The second kappa shape index (κ2) is 12.0. The smallest absolute Gasteiger partial charge is 0.305 e. The molecule has 0 aliphatic carbocycles. The van der Waals surface area contributed by atoms with Crippen LogP contribution in [-0.2, 0) is 22.5 Å². The highest BCUT2D eigenvalue weighted by atomic mass is 16.5. The average Bonchev–Trinajstić information content (AvgIpc) is 3.26. The standard InChI is InChI=1S/C32H36N2O3/c1-4-37-30(35)16-9-17-34-21-28(27-14-5-6-15-29(27)34)32(36)26-13-8-12-25(20-26)31(33)24-11-7-10-23(19-24)18-22(2)3/h5-8,10-15,19-22,31H,4,9,16-18,33H2,1-3H3. The summed E-state index contributed by atoms with van der Waals surface area (Å²) in [7, 11) is 0. The third-order valence-corrected chi connectivity index (χ3v) is 6.58. The minimum absolute atomic E-state index is 0.0389. The highest BCUT2D eigenvalue weighted by molar-refractivity contribution is 6.16. The van der Waals surface area contributed by atoms with Crippen molar-refractivity contribution in [3.8, 4) is 0 Å². The fourth-order valence-electron chi connectivity index (χ4n) is 4.85. The first-order chi connectivity index (χ1) is 17.9. The maximum Gasteiger partial charge on any atom is 0.305 e. The van der Waals surface area contributed by atoms with Gasteiger partial charge in [0.15, 0.2) is 5.78 Å². The summed E-state index contributed by atoms with van der Waals surface area (Å²) in [6, 6.07) is 23.6. The molecule has 0 fully saturated rings.